The summed E-state index contributed by atoms with van der Waals surface area (Å²) in [5.41, 5.74) is 13.7. The maximum absolute atomic E-state index is 13.0. The fourth-order valence-corrected chi connectivity index (χ4v) is 5.15. The largest absolute Gasteiger partial charge is 0.352 e. The molecule has 4 atom stereocenters. The zero-order valence-electron chi connectivity index (χ0n) is 14.8. The summed E-state index contributed by atoms with van der Waals surface area (Å²) in [5, 5.41) is 4.10. The lowest BCUT2D eigenvalue weighted by Crippen LogP contribution is -2.55. The molecular formula is C19H28Cl2N4O. The van der Waals surface area contributed by atoms with Crippen molar-refractivity contribution in [3.8, 4) is 0 Å². The fourth-order valence-electron chi connectivity index (χ4n) is 5.02. The summed E-state index contributed by atoms with van der Waals surface area (Å²) in [6.45, 7) is 0.640. The Labute approximate surface area is 166 Å². The van der Waals surface area contributed by atoms with Gasteiger partial charge in [-0.3, -0.25) is 10.2 Å². The first-order valence-corrected chi connectivity index (χ1v) is 9.79. The number of carbonyl (C=O) groups excluding carboxylic acids is 1. The zero-order chi connectivity index (χ0) is 17.4. The number of carbonyl (C=O) groups is 1. The summed E-state index contributed by atoms with van der Waals surface area (Å²) in [6.07, 6.45) is 5.74. The van der Waals surface area contributed by atoms with Crippen molar-refractivity contribution in [1.29, 1.82) is 0 Å². The molecule has 0 spiro atoms. The highest BCUT2D eigenvalue weighted by Gasteiger charge is 2.42. The molecule has 26 heavy (non-hydrogen) atoms. The van der Waals surface area contributed by atoms with Gasteiger partial charge in [-0.05, 0) is 55.2 Å². The smallest absolute Gasteiger partial charge is 0.226 e. The molecule has 3 aliphatic rings. The summed E-state index contributed by atoms with van der Waals surface area (Å²) in [6, 6.07) is 8.30. The van der Waals surface area contributed by atoms with Crippen LogP contribution in [-0.2, 0) is 4.79 Å². The first-order valence-electron chi connectivity index (χ1n) is 9.41. The molecule has 4 unspecified atom stereocenters. The standard InChI is InChI=1S/C19H27ClN4O.ClH/c20-14-6-4-11(5-7-14)18-16(10-22-24-18)19(25)23-17-12-2-1-3-13(17)9-15(21)8-12;/h4-7,12-13,15-18,22,24H,1-3,8-10,21H2,(H,23,25);1H. The number of hydrogen-bond donors (Lipinski definition) is 4. The third kappa shape index (κ3) is 4.02. The SMILES string of the molecule is Cl.NC1CC2CCCC(C1)C2NC(=O)C1CNNC1c1ccc(Cl)cc1. The second-order valence-corrected chi connectivity index (χ2v) is 8.31. The van der Waals surface area contributed by atoms with Crippen molar-refractivity contribution in [1.82, 2.24) is 16.2 Å². The number of benzene rings is 1. The van der Waals surface area contributed by atoms with Crippen molar-refractivity contribution >= 4 is 29.9 Å². The fraction of sp³-hybridized carbons (Fsp3) is 0.632. The van der Waals surface area contributed by atoms with Crippen molar-refractivity contribution in [2.75, 3.05) is 6.54 Å². The normalized spacial score (nSPS) is 36.2. The molecule has 1 saturated heterocycles. The van der Waals surface area contributed by atoms with Gasteiger partial charge in [-0.25, -0.2) is 5.43 Å². The van der Waals surface area contributed by atoms with Gasteiger partial charge in [-0.1, -0.05) is 30.2 Å². The molecule has 1 heterocycles. The molecule has 0 aromatic heterocycles. The van der Waals surface area contributed by atoms with Gasteiger partial charge in [0.05, 0.1) is 12.0 Å². The van der Waals surface area contributed by atoms with E-state index in [0.29, 0.717) is 35.5 Å². The Morgan fingerprint density at radius 3 is 2.46 bits per heavy atom. The van der Waals surface area contributed by atoms with E-state index in [0.717, 1.165) is 18.4 Å². The summed E-state index contributed by atoms with van der Waals surface area (Å²) in [7, 11) is 0. The van der Waals surface area contributed by atoms with Gasteiger partial charge >= 0.3 is 0 Å². The lowest BCUT2D eigenvalue weighted by Gasteiger charge is -2.45. The average molecular weight is 399 g/mol. The van der Waals surface area contributed by atoms with Crippen LogP contribution in [0, 0.1) is 17.8 Å². The molecule has 144 valence electrons. The Bertz CT molecular complexity index is 612. The minimum Gasteiger partial charge on any atom is -0.352 e. The lowest BCUT2D eigenvalue weighted by atomic mass is 9.67. The van der Waals surface area contributed by atoms with E-state index < -0.39 is 0 Å². The minimum atomic E-state index is -0.113. The minimum absolute atomic E-state index is 0. The monoisotopic (exact) mass is 398 g/mol. The van der Waals surface area contributed by atoms with Crippen LogP contribution in [0.5, 0.6) is 0 Å². The van der Waals surface area contributed by atoms with Crippen molar-refractivity contribution in [2.24, 2.45) is 23.5 Å². The van der Waals surface area contributed by atoms with E-state index in [-0.39, 0.29) is 30.3 Å². The van der Waals surface area contributed by atoms with E-state index in [1.165, 1.54) is 19.3 Å². The Balaban J connectivity index is 0.00000196. The van der Waals surface area contributed by atoms with Gasteiger partial charge in [-0.2, -0.15) is 0 Å². The molecule has 1 aromatic carbocycles. The number of halogens is 2. The summed E-state index contributed by atoms with van der Waals surface area (Å²) in [4.78, 5) is 13.0. The lowest BCUT2D eigenvalue weighted by molar-refractivity contribution is -0.127. The zero-order valence-corrected chi connectivity index (χ0v) is 16.4. The van der Waals surface area contributed by atoms with Gasteiger partial charge in [0.15, 0.2) is 0 Å². The molecular weight excluding hydrogens is 371 g/mol. The summed E-state index contributed by atoms with van der Waals surface area (Å²) in [5.74, 6) is 1.12. The third-order valence-corrected chi connectivity index (χ3v) is 6.49. The second kappa shape index (κ2) is 8.44. The van der Waals surface area contributed by atoms with Crippen LogP contribution in [0.15, 0.2) is 24.3 Å². The van der Waals surface area contributed by atoms with Crippen LogP contribution in [0.1, 0.15) is 43.7 Å². The number of fused-ring (bicyclic) bond motifs is 2. The molecule has 1 aromatic rings. The number of rotatable bonds is 3. The molecule has 3 fully saturated rings. The molecule has 1 aliphatic heterocycles. The second-order valence-electron chi connectivity index (χ2n) is 7.88. The van der Waals surface area contributed by atoms with Crippen molar-refractivity contribution < 1.29 is 4.79 Å². The van der Waals surface area contributed by atoms with E-state index in [2.05, 4.69) is 16.2 Å². The van der Waals surface area contributed by atoms with Gasteiger partial charge in [0.25, 0.3) is 0 Å². The topological polar surface area (TPSA) is 79.2 Å². The predicted molar refractivity (Wildman–Crippen MR) is 106 cm³/mol. The van der Waals surface area contributed by atoms with E-state index in [1.807, 2.05) is 24.3 Å². The van der Waals surface area contributed by atoms with Crippen LogP contribution in [0.3, 0.4) is 0 Å². The summed E-state index contributed by atoms with van der Waals surface area (Å²) >= 11 is 5.99. The van der Waals surface area contributed by atoms with Crippen LogP contribution < -0.4 is 21.9 Å². The molecule has 2 bridgehead atoms. The molecule has 7 heteroatoms. The van der Waals surface area contributed by atoms with Gasteiger partial charge in [0, 0.05) is 23.7 Å². The maximum Gasteiger partial charge on any atom is 0.226 e. The number of amides is 1. The molecule has 2 saturated carbocycles. The van der Waals surface area contributed by atoms with Gasteiger partial charge in [-0.15, -0.1) is 12.4 Å². The van der Waals surface area contributed by atoms with Crippen LogP contribution in [-0.4, -0.2) is 24.5 Å². The molecule has 4 rings (SSSR count). The van der Waals surface area contributed by atoms with Crippen molar-refractivity contribution in [3.63, 3.8) is 0 Å². The highest BCUT2D eigenvalue weighted by molar-refractivity contribution is 6.30. The van der Waals surface area contributed by atoms with Crippen LogP contribution >= 0.6 is 24.0 Å². The molecule has 2 aliphatic carbocycles. The predicted octanol–water partition coefficient (Wildman–Crippen LogP) is 2.55. The quantitative estimate of drug-likeness (QED) is 0.630. The Kier molecular flexibility index (Phi) is 6.46. The highest BCUT2D eigenvalue weighted by Crippen LogP contribution is 2.40. The Morgan fingerprint density at radius 1 is 1.15 bits per heavy atom. The average Bonchev–Trinajstić information content (AvgIpc) is 3.06. The van der Waals surface area contributed by atoms with Crippen LogP contribution in [0.2, 0.25) is 5.02 Å². The Morgan fingerprint density at radius 2 is 1.81 bits per heavy atom. The van der Waals surface area contributed by atoms with E-state index >= 15 is 0 Å². The first-order chi connectivity index (χ1) is 12.1. The van der Waals surface area contributed by atoms with E-state index in [1.54, 1.807) is 0 Å². The van der Waals surface area contributed by atoms with Gasteiger partial charge < -0.3 is 11.1 Å². The number of hydrazine groups is 1. The van der Waals surface area contributed by atoms with Gasteiger partial charge in [0.1, 0.15) is 0 Å². The number of hydrogen-bond acceptors (Lipinski definition) is 4. The highest BCUT2D eigenvalue weighted by atomic mass is 35.5. The van der Waals surface area contributed by atoms with E-state index in [4.69, 9.17) is 17.3 Å². The van der Waals surface area contributed by atoms with Crippen molar-refractivity contribution in [3.05, 3.63) is 34.9 Å². The van der Waals surface area contributed by atoms with Gasteiger partial charge in [0.2, 0.25) is 5.91 Å². The van der Waals surface area contributed by atoms with Crippen LogP contribution in [0.25, 0.3) is 0 Å². The molecule has 5 N–H and O–H groups in total. The van der Waals surface area contributed by atoms with E-state index in [9.17, 15) is 4.79 Å². The number of nitrogens with two attached hydrogens (primary N) is 1. The molecule has 0 radical (unpaired) electrons. The number of nitrogens with one attached hydrogen (secondary N) is 3. The summed E-state index contributed by atoms with van der Waals surface area (Å²) < 4.78 is 0. The Hall–Kier alpha value is -0.850. The molecule has 1 amide bonds. The third-order valence-electron chi connectivity index (χ3n) is 6.23. The maximum atomic E-state index is 13.0. The molecule has 5 nitrogen and oxygen atoms in total. The van der Waals surface area contributed by atoms with Crippen LogP contribution in [0.4, 0.5) is 0 Å². The first kappa shape index (κ1) is 19.9. The van der Waals surface area contributed by atoms with Crippen molar-refractivity contribution in [2.45, 2.75) is 50.2 Å².